The van der Waals surface area contributed by atoms with Gasteiger partial charge in [-0.1, -0.05) is 0 Å². The van der Waals surface area contributed by atoms with E-state index in [1.54, 1.807) is 0 Å². The van der Waals surface area contributed by atoms with Crippen molar-refractivity contribution in [1.29, 1.82) is 0 Å². The molecule has 1 aliphatic rings. The van der Waals surface area contributed by atoms with Gasteiger partial charge < -0.3 is 15.2 Å². The second-order valence-electron chi connectivity index (χ2n) is 4.49. The first-order chi connectivity index (χ1) is 8.16. The van der Waals surface area contributed by atoms with Crippen LogP contribution in [0.25, 0.3) is 0 Å². The summed E-state index contributed by atoms with van der Waals surface area (Å²) in [7, 11) is 1.87. The normalized spacial score (nSPS) is 19.5. The first-order valence-corrected chi connectivity index (χ1v) is 6.79. The average molecular weight is 300 g/mol. The number of hydrogen-bond acceptors (Lipinski definition) is 2. The number of rotatable bonds is 4. The molecular weight excluding hydrogens is 282 g/mol. The molecule has 2 rings (SSSR count). The fraction of sp³-hybridized carbons (Fsp3) is 0.583. The van der Waals surface area contributed by atoms with E-state index in [-0.39, 0.29) is 5.91 Å². The number of carbonyl (C=O) groups excluding carboxylic acids is 1. The summed E-state index contributed by atoms with van der Waals surface area (Å²) >= 11 is 3.36. The van der Waals surface area contributed by atoms with E-state index in [1.165, 1.54) is 12.8 Å². The summed E-state index contributed by atoms with van der Waals surface area (Å²) in [4.78, 5) is 11.9. The molecule has 0 aliphatic carbocycles. The lowest BCUT2D eigenvalue weighted by molar-refractivity contribution is 0.0944. The van der Waals surface area contributed by atoms with E-state index >= 15 is 0 Å². The van der Waals surface area contributed by atoms with Gasteiger partial charge in [0.25, 0.3) is 5.91 Å². The van der Waals surface area contributed by atoms with E-state index < -0.39 is 0 Å². The molecule has 0 saturated carbocycles. The van der Waals surface area contributed by atoms with Crippen molar-refractivity contribution in [3.63, 3.8) is 0 Å². The maximum absolute atomic E-state index is 11.9. The fourth-order valence-corrected chi connectivity index (χ4v) is 2.73. The molecule has 1 atom stereocenters. The highest BCUT2D eigenvalue weighted by molar-refractivity contribution is 9.10. The molecule has 17 heavy (non-hydrogen) atoms. The Morgan fingerprint density at radius 2 is 2.53 bits per heavy atom. The number of halogens is 1. The summed E-state index contributed by atoms with van der Waals surface area (Å²) in [6.45, 7) is 1.85. The Balaban J connectivity index is 1.78. The third kappa shape index (κ3) is 3.33. The highest BCUT2D eigenvalue weighted by Crippen LogP contribution is 2.13. The number of carbonyl (C=O) groups is 1. The number of nitrogens with zero attached hydrogens (tertiary/aromatic N) is 1. The minimum absolute atomic E-state index is 0.00352. The van der Waals surface area contributed by atoms with E-state index in [9.17, 15) is 4.79 Å². The van der Waals surface area contributed by atoms with Gasteiger partial charge in [0.2, 0.25) is 0 Å². The Kier molecular flexibility index (Phi) is 4.23. The minimum atomic E-state index is -0.00352. The molecule has 1 aromatic rings. The quantitative estimate of drug-likeness (QED) is 0.888. The molecule has 2 heterocycles. The smallest absolute Gasteiger partial charge is 0.267 e. The van der Waals surface area contributed by atoms with Crippen LogP contribution >= 0.6 is 15.9 Å². The van der Waals surface area contributed by atoms with Crippen LogP contribution in [0.1, 0.15) is 29.8 Å². The number of nitrogens with one attached hydrogen (secondary N) is 2. The van der Waals surface area contributed by atoms with Crippen LogP contribution < -0.4 is 10.6 Å². The SMILES string of the molecule is Cn1cc(Br)cc1C(=O)NCC[C@H]1CCCN1. The Morgan fingerprint density at radius 1 is 1.71 bits per heavy atom. The van der Waals surface area contributed by atoms with Crippen molar-refractivity contribution < 1.29 is 4.79 Å². The van der Waals surface area contributed by atoms with Crippen molar-refractivity contribution in [2.75, 3.05) is 13.1 Å². The lowest BCUT2D eigenvalue weighted by Gasteiger charge is -2.10. The highest BCUT2D eigenvalue weighted by atomic mass is 79.9. The summed E-state index contributed by atoms with van der Waals surface area (Å²) in [6, 6.07) is 2.42. The van der Waals surface area contributed by atoms with Gasteiger partial charge in [-0.2, -0.15) is 0 Å². The van der Waals surface area contributed by atoms with Gasteiger partial charge in [0, 0.05) is 30.3 Å². The number of aromatic nitrogens is 1. The van der Waals surface area contributed by atoms with Crippen LogP contribution in [0, 0.1) is 0 Å². The summed E-state index contributed by atoms with van der Waals surface area (Å²) in [5, 5.41) is 6.38. The van der Waals surface area contributed by atoms with Gasteiger partial charge >= 0.3 is 0 Å². The molecule has 0 bridgehead atoms. The summed E-state index contributed by atoms with van der Waals surface area (Å²) in [5.74, 6) is -0.00352. The van der Waals surface area contributed by atoms with Gasteiger partial charge in [0.1, 0.15) is 5.69 Å². The molecule has 1 fully saturated rings. The highest BCUT2D eigenvalue weighted by Gasteiger charge is 2.15. The lowest BCUT2D eigenvalue weighted by Crippen LogP contribution is -2.31. The van der Waals surface area contributed by atoms with Crippen LogP contribution in [-0.2, 0) is 7.05 Å². The summed E-state index contributed by atoms with van der Waals surface area (Å²) in [5.41, 5.74) is 0.691. The van der Waals surface area contributed by atoms with Gasteiger partial charge in [-0.05, 0) is 47.8 Å². The van der Waals surface area contributed by atoms with Gasteiger partial charge in [-0.25, -0.2) is 0 Å². The topological polar surface area (TPSA) is 46.1 Å². The van der Waals surface area contributed by atoms with Crippen LogP contribution in [0.4, 0.5) is 0 Å². The molecule has 4 nitrogen and oxygen atoms in total. The van der Waals surface area contributed by atoms with Gasteiger partial charge in [-0.15, -0.1) is 0 Å². The zero-order valence-corrected chi connectivity index (χ0v) is 11.6. The zero-order valence-electron chi connectivity index (χ0n) is 10.0. The molecule has 2 N–H and O–H groups in total. The Morgan fingerprint density at radius 3 is 3.12 bits per heavy atom. The number of hydrogen-bond donors (Lipinski definition) is 2. The molecule has 0 unspecified atom stereocenters. The molecule has 1 saturated heterocycles. The number of aryl methyl sites for hydroxylation is 1. The van der Waals surface area contributed by atoms with Crippen molar-refractivity contribution in [3.8, 4) is 0 Å². The van der Waals surface area contributed by atoms with E-state index in [4.69, 9.17) is 0 Å². The maximum Gasteiger partial charge on any atom is 0.267 e. The van der Waals surface area contributed by atoms with Crippen LogP contribution in [0.15, 0.2) is 16.7 Å². The molecule has 5 heteroatoms. The molecule has 0 aromatic carbocycles. The van der Waals surface area contributed by atoms with Crippen molar-refractivity contribution in [3.05, 3.63) is 22.4 Å². The monoisotopic (exact) mass is 299 g/mol. The minimum Gasteiger partial charge on any atom is -0.351 e. The molecule has 1 aliphatic heterocycles. The predicted molar refractivity (Wildman–Crippen MR) is 71.1 cm³/mol. The Hall–Kier alpha value is -0.810. The molecule has 1 amide bonds. The molecule has 94 valence electrons. The van der Waals surface area contributed by atoms with E-state index in [1.807, 2.05) is 23.9 Å². The van der Waals surface area contributed by atoms with E-state index in [0.29, 0.717) is 11.7 Å². The van der Waals surface area contributed by atoms with Crippen molar-refractivity contribution in [2.24, 2.45) is 7.05 Å². The number of amides is 1. The third-order valence-electron chi connectivity index (χ3n) is 3.14. The largest absolute Gasteiger partial charge is 0.351 e. The third-order valence-corrected chi connectivity index (χ3v) is 3.58. The van der Waals surface area contributed by atoms with Crippen molar-refractivity contribution in [2.45, 2.75) is 25.3 Å². The van der Waals surface area contributed by atoms with Crippen LogP contribution in [0.3, 0.4) is 0 Å². The molecule has 0 radical (unpaired) electrons. The molecule has 0 spiro atoms. The van der Waals surface area contributed by atoms with Crippen LogP contribution in [-0.4, -0.2) is 29.6 Å². The predicted octanol–water partition coefficient (Wildman–Crippen LogP) is 1.66. The van der Waals surface area contributed by atoms with E-state index in [2.05, 4.69) is 26.6 Å². The van der Waals surface area contributed by atoms with Crippen LogP contribution in [0.5, 0.6) is 0 Å². The second kappa shape index (κ2) is 5.69. The van der Waals surface area contributed by atoms with Gasteiger partial charge in [-0.3, -0.25) is 4.79 Å². The zero-order chi connectivity index (χ0) is 12.3. The molecular formula is C12H18BrN3O. The maximum atomic E-state index is 11.9. The first-order valence-electron chi connectivity index (χ1n) is 6.00. The second-order valence-corrected chi connectivity index (χ2v) is 5.41. The van der Waals surface area contributed by atoms with Gasteiger partial charge in [0.15, 0.2) is 0 Å². The lowest BCUT2D eigenvalue weighted by atomic mass is 10.1. The Labute approximate surface area is 110 Å². The van der Waals surface area contributed by atoms with Crippen molar-refractivity contribution >= 4 is 21.8 Å². The average Bonchev–Trinajstić information content (AvgIpc) is 2.88. The fourth-order valence-electron chi connectivity index (χ4n) is 2.20. The van der Waals surface area contributed by atoms with Crippen molar-refractivity contribution in [1.82, 2.24) is 15.2 Å². The summed E-state index contributed by atoms with van der Waals surface area (Å²) < 4.78 is 2.76. The Bertz CT molecular complexity index is 396. The van der Waals surface area contributed by atoms with Crippen LogP contribution in [0.2, 0.25) is 0 Å². The first kappa shape index (κ1) is 12.6. The standard InChI is InChI=1S/C12H18BrN3O/c1-16-8-9(13)7-11(16)12(17)15-6-4-10-3-2-5-14-10/h7-8,10,14H,2-6H2,1H3,(H,15,17)/t10-/m1/s1. The molecule has 1 aromatic heterocycles. The summed E-state index contributed by atoms with van der Waals surface area (Å²) in [6.07, 6.45) is 5.37. The van der Waals surface area contributed by atoms with E-state index in [0.717, 1.165) is 24.0 Å². The van der Waals surface area contributed by atoms with Gasteiger partial charge in [0.05, 0.1) is 0 Å².